The molecular weight excluding hydrogens is 394 g/mol. The molecule has 2 heterocycles. The van der Waals surface area contributed by atoms with Crippen LogP contribution in [0.15, 0.2) is 71.6 Å². The number of hydrogen-bond acceptors (Lipinski definition) is 4. The number of carbonyl (C=O) groups is 2. The average Bonchev–Trinajstić information content (AvgIpc) is 2.78. The lowest BCUT2D eigenvalue weighted by atomic mass is 9.99. The summed E-state index contributed by atoms with van der Waals surface area (Å²) in [5, 5.41) is 5.77. The van der Waals surface area contributed by atoms with Crippen LogP contribution >= 0.6 is 11.8 Å². The Morgan fingerprint density at radius 2 is 1.80 bits per heavy atom. The molecule has 0 spiro atoms. The van der Waals surface area contributed by atoms with Crippen LogP contribution < -0.4 is 15.5 Å². The minimum absolute atomic E-state index is 0.0214. The highest BCUT2D eigenvalue weighted by molar-refractivity contribution is 8.00. The van der Waals surface area contributed by atoms with Crippen LogP contribution in [0.1, 0.15) is 21.5 Å². The van der Waals surface area contributed by atoms with Crippen molar-refractivity contribution < 1.29 is 9.59 Å². The van der Waals surface area contributed by atoms with Crippen molar-refractivity contribution in [3.05, 3.63) is 83.4 Å². The molecule has 0 atom stereocenters. The van der Waals surface area contributed by atoms with E-state index in [4.69, 9.17) is 0 Å². The number of amides is 2. The molecule has 6 heteroatoms. The Kier molecular flexibility index (Phi) is 4.93. The first-order valence-corrected chi connectivity index (χ1v) is 10.9. The zero-order valence-corrected chi connectivity index (χ0v) is 17.2. The number of thioether (sulfide) groups is 1. The summed E-state index contributed by atoms with van der Waals surface area (Å²) in [5.41, 5.74) is 5.92. The van der Waals surface area contributed by atoms with Crippen molar-refractivity contribution in [3.63, 3.8) is 0 Å². The highest BCUT2D eigenvalue weighted by Crippen LogP contribution is 2.33. The van der Waals surface area contributed by atoms with E-state index in [0.717, 1.165) is 35.8 Å². The van der Waals surface area contributed by atoms with Crippen LogP contribution in [0.5, 0.6) is 0 Å². The lowest BCUT2D eigenvalue weighted by Gasteiger charge is -2.30. The smallest absolute Gasteiger partial charge is 0.255 e. The molecule has 150 valence electrons. The van der Waals surface area contributed by atoms with E-state index < -0.39 is 0 Å². The van der Waals surface area contributed by atoms with E-state index in [1.54, 1.807) is 6.07 Å². The van der Waals surface area contributed by atoms with Gasteiger partial charge in [0.05, 0.1) is 11.4 Å². The summed E-state index contributed by atoms with van der Waals surface area (Å²) >= 11 is 1.50. The normalized spacial score (nSPS) is 15.1. The first-order chi connectivity index (χ1) is 14.7. The standard InChI is InChI=1S/C24H21N3O2S/c28-23-15-30-22-10-7-19(13-21(22)26-23)25-24(29)17-5-8-20(9-6-17)27-12-11-16-3-1-2-4-18(16)14-27/h1-10,13H,11-12,14-15H2,(H,25,29)(H,26,28). The molecule has 0 unspecified atom stereocenters. The third-order valence-corrected chi connectivity index (χ3v) is 6.57. The van der Waals surface area contributed by atoms with Crippen molar-refractivity contribution in [2.45, 2.75) is 17.9 Å². The fourth-order valence-corrected chi connectivity index (χ4v) is 4.69. The molecule has 3 aromatic rings. The first-order valence-electron chi connectivity index (χ1n) is 9.95. The lowest BCUT2D eigenvalue weighted by molar-refractivity contribution is -0.113. The quantitative estimate of drug-likeness (QED) is 0.659. The zero-order chi connectivity index (χ0) is 20.5. The van der Waals surface area contributed by atoms with Crippen LogP contribution in [-0.4, -0.2) is 24.1 Å². The number of anilines is 3. The molecule has 0 radical (unpaired) electrons. The van der Waals surface area contributed by atoms with Gasteiger partial charge in [0.15, 0.2) is 0 Å². The van der Waals surface area contributed by atoms with Crippen LogP contribution in [0.2, 0.25) is 0 Å². The van der Waals surface area contributed by atoms with Crippen molar-refractivity contribution in [1.82, 2.24) is 0 Å². The van der Waals surface area contributed by atoms with Gasteiger partial charge in [-0.15, -0.1) is 11.8 Å². The van der Waals surface area contributed by atoms with Crippen molar-refractivity contribution >= 4 is 40.6 Å². The molecule has 0 aliphatic carbocycles. The van der Waals surface area contributed by atoms with E-state index in [2.05, 4.69) is 39.8 Å². The first kappa shape index (κ1) is 18.8. The largest absolute Gasteiger partial charge is 0.367 e. The van der Waals surface area contributed by atoms with Gasteiger partial charge in [-0.05, 0) is 60.0 Å². The lowest BCUT2D eigenvalue weighted by Crippen LogP contribution is -2.30. The van der Waals surface area contributed by atoms with Gasteiger partial charge in [0, 0.05) is 34.9 Å². The highest BCUT2D eigenvalue weighted by Gasteiger charge is 2.18. The summed E-state index contributed by atoms with van der Waals surface area (Å²) in [6, 6.07) is 21.9. The Morgan fingerprint density at radius 3 is 2.63 bits per heavy atom. The molecule has 2 aliphatic rings. The number of benzene rings is 3. The van der Waals surface area contributed by atoms with Crippen LogP contribution in [0, 0.1) is 0 Å². The summed E-state index contributed by atoms with van der Waals surface area (Å²) in [7, 11) is 0. The number of carbonyl (C=O) groups excluding carboxylic acids is 2. The molecule has 0 saturated carbocycles. The van der Waals surface area contributed by atoms with Gasteiger partial charge in [0.1, 0.15) is 0 Å². The van der Waals surface area contributed by atoms with E-state index >= 15 is 0 Å². The maximum atomic E-state index is 12.7. The van der Waals surface area contributed by atoms with Crippen molar-refractivity contribution in [3.8, 4) is 0 Å². The Hall–Kier alpha value is -3.25. The van der Waals surface area contributed by atoms with Crippen molar-refractivity contribution in [2.75, 3.05) is 27.8 Å². The van der Waals surface area contributed by atoms with Gasteiger partial charge in [-0.3, -0.25) is 9.59 Å². The third-order valence-electron chi connectivity index (χ3n) is 5.50. The number of nitrogens with zero attached hydrogens (tertiary/aromatic N) is 1. The average molecular weight is 416 g/mol. The summed E-state index contributed by atoms with van der Waals surface area (Å²) in [6.45, 7) is 1.86. The highest BCUT2D eigenvalue weighted by atomic mass is 32.2. The molecule has 5 rings (SSSR count). The Bertz CT molecular complexity index is 1130. The Balaban J connectivity index is 1.27. The number of nitrogens with one attached hydrogen (secondary N) is 2. The second kappa shape index (κ2) is 7.88. The SMILES string of the molecule is O=C1CSc2ccc(NC(=O)c3ccc(N4CCc5ccccc5C4)cc3)cc2N1. The number of hydrogen-bond donors (Lipinski definition) is 2. The number of rotatable bonds is 3. The topological polar surface area (TPSA) is 61.4 Å². The molecule has 5 nitrogen and oxygen atoms in total. The molecule has 3 aromatic carbocycles. The molecule has 0 aromatic heterocycles. The summed E-state index contributed by atoms with van der Waals surface area (Å²) in [4.78, 5) is 27.6. The predicted molar refractivity (Wildman–Crippen MR) is 121 cm³/mol. The second-order valence-electron chi connectivity index (χ2n) is 7.49. The molecule has 2 aliphatic heterocycles. The minimum Gasteiger partial charge on any atom is -0.367 e. The van der Waals surface area contributed by atoms with Crippen LogP contribution in [0.25, 0.3) is 0 Å². The Morgan fingerprint density at radius 1 is 1.00 bits per heavy atom. The van der Waals surface area contributed by atoms with Gasteiger partial charge in [-0.25, -0.2) is 0 Å². The number of fused-ring (bicyclic) bond motifs is 2. The Labute approximate surface area is 179 Å². The van der Waals surface area contributed by atoms with E-state index in [-0.39, 0.29) is 11.8 Å². The third kappa shape index (κ3) is 3.78. The van der Waals surface area contributed by atoms with Crippen LogP contribution in [0.3, 0.4) is 0 Å². The predicted octanol–water partition coefficient (Wildman–Crippen LogP) is 4.55. The van der Waals surface area contributed by atoms with Crippen LogP contribution in [-0.2, 0) is 17.8 Å². The zero-order valence-electron chi connectivity index (χ0n) is 16.4. The molecule has 30 heavy (non-hydrogen) atoms. The van der Waals surface area contributed by atoms with Gasteiger partial charge in [-0.2, -0.15) is 0 Å². The minimum atomic E-state index is -0.166. The second-order valence-corrected chi connectivity index (χ2v) is 8.51. The molecule has 2 amide bonds. The fourth-order valence-electron chi connectivity index (χ4n) is 3.90. The maximum absolute atomic E-state index is 12.7. The van der Waals surface area contributed by atoms with Crippen LogP contribution in [0.4, 0.5) is 17.1 Å². The van der Waals surface area contributed by atoms with E-state index in [0.29, 0.717) is 17.0 Å². The summed E-state index contributed by atoms with van der Waals surface area (Å²) in [6.07, 6.45) is 1.03. The molecular formula is C24H21N3O2S. The molecule has 0 fully saturated rings. The van der Waals surface area contributed by atoms with E-state index in [9.17, 15) is 9.59 Å². The summed E-state index contributed by atoms with van der Waals surface area (Å²) < 4.78 is 0. The van der Waals surface area contributed by atoms with Gasteiger partial charge >= 0.3 is 0 Å². The monoisotopic (exact) mass is 415 g/mol. The summed E-state index contributed by atoms with van der Waals surface area (Å²) in [5.74, 6) is 0.236. The van der Waals surface area contributed by atoms with Gasteiger partial charge in [0.25, 0.3) is 5.91 Å². The van der Waals surface area contributed by atoms with Crippen molar-refractivity contribution in [1.29, 1.82) is 0 Å². The molecule has 0 saturated heterocycles. The van der Waals surface area contributed by atoms with Gasteiger partial charge < -0.3 is 15.5 Å². The fraction of sp³-hybridized carbons (Fsp3) is 0.167. The van der Waals surface area contributed by atoms with Crippen molar-refractivity contribution in [2.24, 2.45) is 0 Å². The van der Waals surface area contributed by atoms with E-state index in [1.807, 2.05) is 36.4 Å². The maximum Gasteiger partial charge on any atom is 0.255 e. The van der Waals surface area contributed by atoms with Gasteiger partial charge in [-0.1, -0.05) is 24.3 Å². The molecule has 2 N–H and O–H groups in total. The van der Waals surface area contributed by atoms with E-state index in [1.165, 1.54) is 22.9 Å². The molecule has 0 bridgehead atoms. The van der Waals surface area contributed by atoms with Gasteiger partial charge in [0.2, 0.25) is 5.91 Å².